The van der Waals surface area contributed by atoms with Gasteiger partial charge in [0.2, 0.25) is 5.95 Å². The van der Waals surface area contributed by atoms with Crippen molar-refractivity contribution in [2.75, 3.05) is 17.7 Å². The molecule has 94 valence electrons. The molecule has 0 spiro atoms. The molecule has 4 nitrogen and oxygen atoms in total. The van der Waals surface area contributed by atoms with E-state index in [2.05, 4.69) is 55.6 Å². The highest BCUT2D eigenvalue weighted by molar-refractivity contribution is 9.10. The molecule has 0 aliphatic rings. The third kappa shape index (κ3) is 2.98. The molecule has 0 aliphatic heterocycles. The van der Waals surface area contributed by atoms with Gasteiger partial charge in [-0.25, -0.2) is 4.98 Å². The SMILES string of the molecule is CCc1ccc(Nc2nc(NC)ncc2Br)cc1. The monoisotopic (exact) mass is 306 g/mol. The normalized spacial score (nSPS) is 10.2. The maximum absolute atomic E-state index is 4.35. The predicted molar refractivity (Wildman–Crippen MR) is 78.4 cm³/mol. The Morgan fingerprint density at radius 3 is 2.56 bits per heavy atom. The fourth-order valence-electron chi connectivity index (χ4n) is 1.54. The Hall–Kier alpha value is -1.62. The van der Waals surface area contributed by atoms with Crippen molar-refractivity contribution in [3.8, 4) is 0 Å². The van der Waals surface area contributed by atoms with Crippen molar-refractivity contribution in [3.63, 3.8) is 0 Å². The Labute approximate surface area is 115 Å². The summed E-state index contributed by atoms with van der Waals surface area (Å²) in [5.74, 6) is 1.34. The standard InChI is InChI=1S/C13H15BrN4/c1-3-9-4-6-10(7-5-9)17-12-11(14)8-16-13(15-2)18-12/h4-8H,3H2,1-2H3,(H2,15,16,17,18). The molecule has 2 N–H and O–H groups in total. The van der Waals surface area contributed by atoms with Gasteiger partial charge < -0.3 is 10.6 Å². The highest BCUT2D eigenvalue weighted by atomic mass is 79.9. The van der Waals surface area contributed by atoms with Crippen LogP contribution < -0.4 is 10.6 Å². The summed E-state index contributed by atoms with van der Waals surface area (Å²) >= 11 is 3.43. The second kappa shape index (κ2) is 5.82. The first-order chi connectivity index (χ1) is 8.72. The summed E-state index contributed by atoms with van der Waals surface area (Å²) in [6, 6.07) is 8.31. The number of aryl methyl sites for hydroxylation is 1. The molecule has 0 atom stereocenters. The number of nitrogens with one attached hydrogen (secondary N) is 2. The molecule has 0 saturated heterocycles. The molecule has 0 unspecified atom stereocenters. The van der Waals surface area contributed by atoms with Crippen LogP contribution in [0.5, 0.6) is 0 Å². The third-order valence-corrected chi connectivity index (χ3v) is 3.17. The van der Waals surface area contributed by atoms with Crippen LogP contribution in [-0.4, -0.2) is 17.0 Å². The number of benzene rings is 1. The lowest BCUT2D eigenvalue weighted by Crippen LogP contribution is -2.01. The molecular weight excluding hydrogens is 292 g/mol. The molecule has 5 heteroatoms. The van der Waals surface area contributed by atoms with Crippen LogP contribution in [0, 0.1) is 0 Å². The summed E-state index contributed by atoms with van der Waals surface area (Å²) in [7, 11) is 1.79. The Kier molecular flexibility index (Phi) is 4.15. The summed E-state index contributed by atoms with van der Waals surface area (Å²) in [5.41, 5.74) is 2.33. The van der Waals surface area contributed by atoms with Gasteiger partial charge in [-0.1, -0.05) is 19.1 Å². The molecule has 2 rings (SSSR count). The third-order valence-electron chi connectivity index (χ3n) is 2.59. The molecule has 0 bridgehead atoms. The number of rotatable bonds is 4. The quantitative estimate of drug-likeness (QED) is 0.906. The van der Waals surface area contributed by atoms with Gasteiger partial charge in [-0.05, 0) is 40.0 Å². The minimum atomic E-state index is 0.589. The predicted octanol–water partition coefficient (Wildman–Crippen LogP) is 3.59. The van der Waals surface area contributed by atoms with Crippen LogP contribution in [0.4, 0.5) is 17.5 Å². The number of halogens is 1. The van der Waals surface area contributed by atoms with Gasteiger partial charge in [0.15, 0.2) is 0 Å². The lowest BCUT2D eigenvalue weighted by molar-refractivity contribution is 1.13. The van der Waals surface area contributed by atoms with E-state index in [1.807, 2.05) is 12.1 Å². The Balaban J connectivity index is 2.21. The molecule has 0 saturated carbocycles. The summed E-state index contributed by atoms with van der Waals surface area (Å²) in [5, 5.41) is 6.18. The van der Waals surface area contributed by atoms with Crippen LogP contribution in [0.1, 0.15) is 12.5 Å². The summed E-state index contributed by atoms with van der Waals surface area (Å²) in [6.07, 6.45) is 2.77. The first-order valence-corrected chi connectivity index (χ1v) is 6.58. The van der Waals surface area contributed by atoms with E-state index in [-0.39, 0.29) is 0 Å². The summed E-state index contributed by atoms with van der Waals surface area (Å²) in [6.45, 7) is 2.14. The molecule has 0 amide bonds. The second-order valence-electron chi connectivity index (χ2n) is 3.82. The lowest BCUT2D eigenvalue weighted by Gasteiger charge is -2.09. The van der Waals surface area contributed by atoms with E-state index in [0.717, 1.165) is 22.4 Å². The van der Waals surface area contributed by atoms with Gasteiger partial charge in [0.05, 0.1) is 4.47 Å². The summed E-state index contributed by atoms with van der Waals surface area (Å²) in [4.78, 5) is 8.47. The van der Waals surface area contributed by atoms with E-state index in [0.29, 0.717) is 5.95 Å². The van der Waals surface area contributed by atoms with E-state index in [9.17, 15) is 0 Å². The highest BCUT2D eigenvalue weighted by Crippen LogP contribution is 2.24. The van der Waals surface area contributed by atoms with Crippen molar-refractivity contribution in [1.82, 2.24) is 9.97 Å². The number of hydrogen-bond acceptors (Lipinski definition) is 4. The molecule has 1 aromatic heterocycles. The molecule has 1 heterocycles. The van der Waals surface area contributed by atoms with Gasteiger partial charge in [-0.2, -0.15) is 4.98 Å². The molecule has 0 fully saturated rings. The molecule has 0 radical (unpaired) electrons. The Morgan fingerprint density at radius 2 is 1.94 bits per heavy atom. The Bertz CT molecular complexity index is 525. The van der Waals surface area contributed by atoms with Gasteiger partial charge in [0, 0.05) is 18.9 Å². The van der Waals surface area contributed by atoms with E-state index in [1.165, 1.54) is 5.56 Å². The number of hydrogen-bond donors (Lipinski definition) is 2. The van der Waals surface area contributed by atoms with Crippen LogP contribution >= 0.6 is 15.9 Å². The lowest BCUT2D eigenvalue weighted by atomic mass is 10.1. The van der Waals surface area contributed by atoms with Gasteiger partial charge >= 0.3 is 0 Å². The average molecular weight is 307 g/mol. The molecular formula is C13H15BrN4. The first kappa shape index (κ1) is 12.8. The van der Waals surface area contributed by atoms with Crippen LogP contribution in [0.3, 0.4) is 0 Å². The molecule has 1 aromatic carbocycles. The maximum Gasteiger partial charge on any atom is 0.224 e. The fourth-order valence-corrected chi connectivity index (χ4v) is 1.83. The molecule has 0 aliphatic carbocycles. The van der Waals surface area contributed by atoms with Crippen molar-refractivity contribution in [1.29, 1.82) is 0 Å². The van der Waals surface area contributed by atoms with Crippen molar-refractivity contribution in [2.24, 2.45) is 0 Å². The van der Waals surface area contributed by atoms with Crippen molar-refractivity contribution in [3.05, 3.63) is 40.5 Å². The van der Waals surface area contributed by atoms with Crippen LogP contribution in [-0.2, 0) is 6.42 Å². The van der Waals surface area contributed by atoms with Gasteiger partial charge in [0.1, 0.15) is 5.82 Å². The molecule has 18 heavy (non-hydrogen) atoms. The van der Waals surface area contributed by atoms with E-state index in [1.54, 1.807) is 13.2 Å². The van der Waals surface area contributed by atoms with Crippen LogP contribution in [0.25, 0.3) is 0 Å². The average Bonchev–Trinajstić information content (AvgIpc) is 2.42. The van der Waals surface area contributed by atoms with Gasteiger partial charge in [-0.15, -0.1) is 0 Å². The number of nitrogens with zero attached hydrogens (tertiary/aromatic N) is 2. The topological polar surface area (TPSA) is 49.8 Å². The first-order valence-electron chi connectivity index (χ1n) is 5.79. The maximum atomic E-state index is 4.35. The van der Waals surface area contributed by atoms with Crippen molar-refractivity contribution < 1.29 is 0 Å². The van der Waals surface area contributed by atoms with Crippen molar-refractivity contribution >= 4 is 33.4 Å². The fraction of sp³-hybridized carbons (Fsp3) is 0.231. The largest absolute Gasteiger partial charge is 0.357 e. The highest BCUT2D eigenvalue weighted by Gasteiger charge is 2.04. The van der Waals surface area contributed by atoms with Gasteiger partial charge in [-0.3, -0.25) is 0 Å². The minimum Gasteiger partial charge on any atom is -0.357 e. The zero-order chi connectivity index (χ0) is 13.0. The summed E-state index contributed by atoms with van der Waals surface area (Å²) < 4.78 is 0.834. The number of aromatic nitrogens is 2. The number of anilines is 3. The minimum absolute atomic E-state index is 0.589. The van der Waals surface area contributed by atoms with E-state index < -0.39 is 0 Å². The zero-order valence-electron chi connectivity index (χ0n) is 10.4. The van der Waals surface area contributed by atoms with Crippen LogP contribution in [0.15, 0.2) is 34.9 Å². The van der Waals surface area contributed by atoms with Crippen LogP contribution in [0.2, 0.25) is 0 Å². The van der Waals surface area contributed by atoms with E-state index >= 15 is 0 Å². The smallest absolute Gasteiger partial charge is 0.224 e. The van der Waals surface area contributed by atoms with Gasteiger partial charge in [0.25, 0.3) is 0 Å². The Morgan fingerprint density at radius 1 is 1.22 bits per heavy atom. The molecule has 2 aromatic rings. The second-order valence-corrected chi connectivity index (χ2v) is 4.67. The van der Waals surface area contributed by atoms with E-state index in [4.69, 9.17) is 0 Å². The zero-order valence-corrected chi connectivity index (χ0v) is 12.0. The van der Waals surface area contributed by atoms with Crippen molar-refractivity contribution in [2.45, 2.75) is 13.3 Å².